The van der Waals surface area contributed by atoms with Crippen molar-refractivity contribution in [1.29, 1.82) is 0 Å². The molecule has 2 heterocycles. The smallest absolute Gasteiger partial charge is 0.317 e. The molecule has 1 aliphatic heterocycles. The summed E-state index contributed by atoms with van der Waals surface area (Å²) < 4.78 is 10.8. The lowest BCUT2D eigenvalue weighted by atomic mass is 10.1. The van der Waals surface area contributed by atoms with Crippen molar-refractivity contribution in [1.82, 2.24) is 15.2 Å². The number of carbonyl (C=O) groups excluding carboxylic acids is 1. The van der Waals surface area contributed by atoms with Crippen LogP contribution in [0.1, 0.15) is 12.0 Å². The fourth-order valence-corrected chi connectivity index (χ4v) is 2.82. The average Bonchev–Trinajstić information content (AvgIpc) is 3.18. The van der Waals surface area contributed by atoms with E-state index in [-0.39, 0.29) is 12.6 Å². The van der Waals surface area contributed by atoms with Gasteiger partial charge in [0.1, 0.15) is 11.5 Å². The summed E-state index contributed by atoms with van der Waals surface area (Å²) >= 11 is 0. The topological polar surface area (TPSA) is 101 Å². The van der Waals surface area contributed by atoms with Gasteiger partial charge in [0.05, 0.1) is 13.0 Å². The van der Waals surface area contributed by atoms with E-state index in [2.05, 4.69) is 10.3 Å². The number of carboxylic acids is 1. The van der Waals surface area contributed by atoms with E-state index < -0.39 is 11.9 Å². The van der Waals surface area contributed by atoms with Crippen LogP contribution in [0.4, 0.5) is 4.79 Å². The molecule has 0 saturated carbocycles. The summed E-state index contributed by atoms with van der Waals surface area (Å²) in [6.07, 6.45) is 2.09. The zero-order valence-electron chi connectivity index (χ0n) is 14.9. The van der Waals surface area contributed by atoms with E-state index in [9.17, 15) is 9.59 Å². The quantitative estimate of drug-likeness (QED) is 0.809. The first-order valence-corrected chi connectivity index (χ1v) is 8.57. The minimum absolute atomic E-state index is 0.239. The number of rotatable bonds is 6. The van der Waals surface area contributed by atoms with E-state index in [0.717, 1.165) is 11.3 Å². The molecule has 8 heteroatoms. The lowest BCUT2D eigenvalue weighted by molar-refractivity contribution is -0.141. The molecule has 0 aliphatic carbocycles. The molecule has 142 valence electrons. The highest BCUT2D eigenvalue weighted by Crippen LogP contribution is 2.23. The zero-order valence-corrected chi connectivity index (χ0v) is 14.9. The number of pyridine rings is 1. The number of urea groups is 1. The highest BCUT2D eigenvalue weighted by Gasteiger charge is 2.30. The Kier molecular flexibility index (Phi) is 5.75. The molecule has 1 atom stereocenters. The van der Waals surface area contributed by atoms with Crippen molar-refractivity contribution in [2.45, 2.75) is 13.0 Å². The van der Waals surface area contributed by atoms with Crippen molar-refractivity contribution in [3.63, 3.8) is 0 Å². The number of amides is 2. The Morgan fingerprint density at radius 2 is 2.00 bits per heavy atom. The van der Waals surface area contributed by atoms with Crippen LogP contribution in [0.3, 0.4) is 0 Å². The predicted molar refractivity (Wildman–Crippen MR) is 96.9 cm³/mol. The standard InChI is InChI=1S/C19H21N3O5/c1-26-15-2-4-16(5-3-15)27-17-10-13(6-8-20-17)11-21-19(25)22-9-7-14(12-22)18(23)24/h2-6,8,10,14H,7,9,11-12H2,1H3,(H,21,25)(H,23,24). The third-order valence-corrected chi connectivity index (χ3v) is 4.35. The van der Waals surface area contributed by atoms with Gasteiger partial charge >= 0.3 is 12.0 Å². The van der Waals surface area contributed by atoms with Crippen LogP contribution >= 0.6 is 0 Å². The minimum Gasteiger partial charge on any atom is -0.497 e. The molecule has 1 aromatic carbocycles. The summed E-state index contributed by atoms with van der Waals surface area (Å²) in [6.45, 7) is 0.989. The fraction of sp³-hybridized carbons (Fsp3) is 0.316. The van der Waals surface area contributed by atoms with Gasteiger partial charge in [0.2, 0.25) is 5.88 Å². The second-order valence-electron chi connectivity index (χ2n) is 6.21. The van der Waals surface area contributed by atoms with Crippen LogP contribution in [0.2, 0.25) is 0 Å². The van der Waals surface area contributed by atoms with Gasteiger partial charge in [-0.1, -0.05) is 0 Å². The number of methoxy groups -OCH3 is 1. The minimum atomic E-state index is -0.861. The number of ether oxygens (including phenoxy) is 2. The molecule has 1 aromatic heterocycles. The van der Waals surface area contributed by atoms with E-state index in [4.69, 9.17) is 14.6 Å². The van der Waals surface area contributed by atoms with Gasteiger partial charge in [-0.05, 0) is 42.3 Å². The Morgan fingerprint density at radius 3 is 2.67 bits per heavy atom. The van der Waals surface area contributed by atoms with Gasteiger partial charge < -0.3 is 24.8 Å². The molecule has 1 aliphatic rings. The van der Waals surface area contributed by atoms with Crippen LogP contribution < -0.4 is 14.8 Å². The van der Waals surface area contributed by atoms with E-state index in [0.29, 0.717) is 31.1 Å². The van der Waals surface area contributed by atoms with Crippen LogP contribution in [0, 0.1) is 5.92 Å². The number of nitrogens with zero attached hydrogens (tertiary/aromatic N) is 2. The van der Waals surface area contributed by atoms with Crippen molar-refractivity contribution in [3.8, 4) is 17.4 Å². The summed E-state index contributed by atoms with van der Waals surface area (Å²) in [5, 5.41) is 11.8. The van der Waals surface area contributed by atoms with E-state index in [1.54, 1.807) is 49.7 Å². The van der Waals surface area contributed by atoms with Gasteiger partial charge in [-0.25, -0.2) is 9.78 Å². The van der Waals surface area contributed by atoms with Gasteiger partial charge in [0.15, 0.2) is 0 Å². The molecular weight excluding hydrogens is 350 g/mol. The monoisotopic (exact) mass is 371 g/mol. The summed E-state index contributed by atoms with van der Waals surface area (Å²) in [5.41, 5.74) is 0.829. The Bertz CT molecular complexity index is 809. The van der Waals surface area contributed by atoms with Crippen molar-refractivity contribution in [3.05, 3.63) is 48.2 Å². The van der Waals surface area contributed by atoms with E-state index in [1.165, 1.54) is 4.90 Å². The number of carboxylic acid groups (broad SMARTS) is 1. The molecule has 3 rings (SSSR count). The molecule has 27 heavy (non-hydrogen) atoms. The number of hydrogen-bond donors (Lipinski definition) is 2. The lowest BCUT2D eigenvalue weighted by Gasteiger charge is -2.16. The van der Waals surface area contributed by atoms with Crippen molar-refractivity contribution < 1.29 is 24.2 Å². The Morgan fingerprint density at radius 1 is 1.26 bits per heavy atom. The second kappa shape index (κ2) is 8.39. The Hall–Kier alpha value is -3.29. The first-order valence-electron chi connectivity index (χ1n) is 8.57. The first-order chi connectivity index (χ1) is 13.0. The third kappa shape index (κ3) is 4.87. The molecule has 0 bridgehead atoms. The molecular formula is C19H21N3O5. The maximum absolute atomic E-state index is 12.2. The van der Waals surface area contributed by atoms with Crippen molar-refractivity contribution in [2.24, 2.45) is 5.92 Å². The van der Waals surface area contributed by atoms with Crippen LogP contribution in [-0.4, -0.2) is 47.2 Å². The molecule has 0 spiro atoms. The number of nitrogens with one attached hydrogen (secondary N) is 1. The number of carbonyl (C=O) groups is 2. The molecule has 1 saturated heterocycles. The number of likely N-dealkylation sites (tertiary alicyclic amines) is 1. The number of hydrogen-bond acceptors (Lipinski definition) is 5. The summed E-state index contributed by atoms with van der Waals surface area (Å²) in [5.74, 6) is 0.431. The number of benzene rings is 1. The molecule has 1 fully saturated rings. The van der Waals surface area contributed by atoms with Gasteiger partial charge in [-0.3, -0.25) is 4.79 Å². The maximum Gasteiger partial charge on any atom is 0.317 e. The third-order valence-electron chi connectivity index (χ3n) is 4.35. The SMILES string of the molecule is COc1ccc(Oc2cc(CNC(=O)N3CCC(C(=O)O)C3)ccn2)cc1. The van der Waals surface area contributed by atoms with Crippen LogP contribution in [0.5, 0.6) is 17.4 Å². The lowest BCUT2D eigenvalue weighted by Crippen LogP contribution is -2.38. The molecule has 2 amide bonds. The molecule has 8 nitrogen and oxygen atoms in total. The van der Waals surface area contributed by atoms with Crippen molar-refractivity contribution >= 4 is 12.0 Å². The van der Waals surface area contributed by atoms with Crippen LogP contribution in [0.15, 0.2) is 42.6 Å². The van der Waals surface area contributed by atoms with Crippen LogP contribution in [-0.2, 0) is 11.3 Å². The van der Waals surface area contributed by atoms with Gasteiger partial charge in [0.25, 0.3) is 0 Å². The maximum atomic E-state index is 12.2. The normalized spacial score (nSPS) is 16.0. The number of aromatic nitrogens is 1. The zero-order chi connectivity index (χ0) is 19.2. The summed E-state index contributed by atoms with van der Waals surface area (Å²) in [7, 11) is 1.60. The van der Waals surface area contributed by atoms with Gasteiger partial charge in [0, 0.05) is 31.9 Å². The highest BCUT2D eigenvalue weighted by molar-refractivity contribution is 5.77. The number of aliphatic carboxylic acids is 1. The average molecular weight is 371 g/mol. The largest absolute Gasteiger partial charge is 0.497 e. The van der Waals surface area contributed by atoms with E-state index in [1.807, 2.05) is 0 Å². The second-order valence-corrected chi connectivity index (χ2v) is 6.21. The summed E-state index contributed by atoms with van der Waals surface area (Å²) in [6, 6.07) is 10.4. The van der Waals surface area contributed by atoms with Gasteiger partial charge in [-0.2, -0.15) is 0 Å². The van der Waals surface area contributed by atoms with Gasteiger partial charge in [-0.15, -0.1) is 0 Å². The first kappa shape index (κ1) is 18.5. The summed E-state index contributed by atoms with van der Waals surface area (Å²) in [4.78, 5) is 28.9. The van der Waals surface area contributed by atoms with E-state index >= 15 is 0 Å². The highest BCUT2D eigenvalue weighted by atomic mass is 16.5. The van der Waals surface area contributed by atoms with Crippen LogP contribution in [0.25, 0.3) is 0 Å². The molecule has 0 radical (unpaired) electrons. The predicted octanol–water partition coefficient (Wildman–Crippen LogP) is 2.50. The fourth-order valence-electron chi connectivity index (χ4n) is 2.82. The molecule has 2 N–H and O–H groups in total. The molecule has 2 aromatic rings. The Labute approximate surface area is 156 Å². The molecule has 1 unspecified atom stereocenters. The van der Waals surface area contributed by atoms with Crippen molar-refractivity contribution in [2.75, 3.05) is 20.2 Å². The Balaban J connectivity index is 1.54.